The van der Waals surface area contributed by atoms with Gasteiger partial charge < -0.3 is 19.5 Å². The third kappa shape index (κ3) is 6.79. The molecule has 0 aliphatic rings. The molecular formula is C21H26F2N2O6S. The van der Waals surface area contributed by atoms with Gasteiger partial charge in [0.1, 0.15) is 10.6 Å². The molecule has 0 unspecified atom stereocenters. The zero-order valence-corrected chi connectivity index (χ0v) is 19.0. The van der Waals surface area contributed by atoms with Crippen LogP contribution in [-0.4, -0.2) is 47.7 Å². The van der Waals surface area contributed by atoms with Crippen molar-refractivity contribution >= 4 is 15.9 Å². The predicted molar refractivity (Wildman–Crippen MR) is 114 cm³/mol. The van der Waals surface area contributed by atoms with E-state index in [1.165, 1.54) is 44.6 Å². The van der Waals surface area contributed by atoms with E-state index < -0.39 is 22.5 Å². The Bertz CT molecular complexity index is 1040. The van der Waals surface area contributed by atoms with Crippen molar-refractivity contribution in [2.75, 3.05) is 20.8 Å². The van der Waals surface area contributed by atoms with E-state index in [-0.39, 0.29) is 40.3 Å². The molecular weight excluding hydrogens is 446 g/mol. The number of halogens is 2. The van der Waals surface area contributed by atoms with Crippen molar-refractivity contribution in [1.29, 1.82) is 0 Å². The number of rotatable bonds is 11. The number of carbonyl (C=O) groups is 1. The Balaban J connectivity index is 2.11. The summed E-state index contributed by atoms with van der Waals surface area (Å²) in [6.07, 6.45) is 0.325. The van der Waals surface area contributed by atoms with E-state index in [9.17, 15) is 22.0 Å². The zero-order valence-electron chi connectivity index (χ0n) is 18.1. The second-order valence-corrected chi connectivity index (χ2v) is 8.69. The van der Waals surface area contributed by atoms with Gasteiger partial charge in [0.2, 0.25) is 10.0 Å². The van der Waals surface area contributed by atoms with Gasteiger partial charge in [0.25, 0.3) is 5.91 Å². The molecule has 0 radical (unpaired) electrons. The summed E-state index contributed by atoms with van der Waals surface area (Å²) >= 11 is 0. The highest BCUT2D eigenvalue weighted by molar-refractivity contribution is 7.89. The lowest BCUT2D eigenvalue weighted by Crippen LogP contribution is -2.31. The number of hydrogen-bond donors (Lipinski definition) is 2. The van der Waals surface area contributed by atoms with Crippen LogP contribution in [0.3, 0.4) is 0 Å². The molecule has 176 valence electrons. The van der Waals surface area contributed by atoms with Gasteiger partial charge in [-0.3, -0.25) is 4.79 Å². The molecule has 11 heteroatoms. The zero-order chi connectivity index (χ0) is 23.9. The van der Waals surface area contributed by atoms with Gasteiger partial charge in [0.05, 0.1) is 14.2 Å². The van der Waals surface area contributed by atoms with E-state index in [4.69, 9.17) is 9.47 Å². The van der Waals surface area contributed by atoms with E-state index in [0.717, 1.165) is 0 Å². The molecule has 0 saturated heterocycles. The topological polar surface area (TPSA) is 103 Å². The number of alkyl halides is 2. The summed E-state index contributed by atoms with van der Waals surface area (Å²) in [7, 11) is -1.21. The van der Waals surface area contributed by atoms with Crippen LogP contribution in [0.25, 0.3) is 0 Å². The lowest BCUT2D eigenvalue weighted by molar-refractivity contribution is -0.0512. The summed E-state index contributed by atoms with van der Waals surface area (Å²) in [5, 5.41) is 2.68. The molecule has 8 nitrogen and oxygen atoms in total. The average Bonchev–Trinajstić information content (AvgIpc) is 2.72. The summed E-state index contributed by atoms with van der Waals surface area (Å²) < 4.78 is 67.3. The first kappa shape index (κ1) is 25.3. The number of benzene rings is 2. The van der Waals surface area contributed by atoms with Crippen molar-refractivity contribution in [2.45, 2.75) is 37.8 Å². The minimum absolute atomic E-state index is 0.103. The molecule has 0 spiro atoms. The Labute approximate surface area is 185 Å². The van der Waals surface area contributed by atoms with Gasteiger partial charge in [-0.05, 0) is 56.2 Å². The van der Waals surface area contributed by atoms with E-state index in [2.05, 4.69) is 14.8 Å². The van der Waals surface area contributed by atoms with Crippen molar-refractivity contribution in [1.82, 2.24) is 10.0 Å². The number of hydrogen-bond acceptors (Lipinski definition) is 6. The van der Waals surface area contributed by atoms with Crippen LogP contribution in [0.4, 0.5) is 8.78 Å². The molecule has 32 heavy (non-hydrogen) atoms. The Morgan fingerprint density at radius 2 is 1.66 bits per heavy atom. The van der Waals surface area contributed by atoms with Gasteiger partial charge in [0, 0.05) is 18.2 Å². The maximum Gasteiger partial charge on any atom is 0.387 e. The minimum Gasteiger partial charge on any atom is -0.495 e. The Morgan fingerprint density at radius 3 is 2.25 bits per heavy atom. The van der Waals surface area contributed by atoms with Crippen LogP contribution in [0, 0.1) is 0 Å². The summed E-state index contributed by atoms with van der Waals surface area (Å²) in [5.41, 5.74) is 0.771. The second-order valence-electron chi connectivity index (χ2n) is 7.01. The lowest BCUT2D eigenvalue weighted by Gasteiger charge is -2.14. The van der Waals surface area contributed by atoms with E-state index in [0.29, 0.717) is 12.0 Å². The van der Waals surface area contributed by atoms with Gasteiger partial charge in [-0.1, -0.05) is 6.07 Å². The van der Waals surface area contributed by atoms with Crippen LogP contribution in [0.15, 0.2) is 41.3 Å². The molecule has 0 fully saturated rings. The highest BCUT2D eigenvalue weighted by Crippen LogP contribution is 2.29. The van der Waals surface area contributed by atoms with E-state index in [1.54, 1.807) is 19.9 Å². The smallest absolute Gasteiger partial charge is 0.387 e. The van der Waals surface area contributed by atoms with Crippen molar-refractivity contribution in [3.63, 3.8) is 0 Å². The largest absolute Gasteiger partial charge is 0.495 e. The number of methoxy groups -OCH3 is 2. The SMILES string of the molecule is COc1ccc(CCNC(=O)c2ccc(OC)c(S(=O)(=O)NC(C)C)c2)cc1OC(F)F. The van der Waals surface area contributed by atoms with Gasteiger partial charge in [0.15, 0.2) is 11.5 Å². The molecule has 0 atom stereocenters. The monoisotopic (exact) mass is 472 g/mol. The van der Waals surface area contributed by atoms with E-state index >= 15 is 0 Å². The molecule has 0 saturated carbocycles. The number of amides is 1. The van der Waals surface area contributed by atoms with Crippen molar-refractivity contribution in [2.24, 2.45) is 0 Å². The third-order valence-electron chi connectivity index (χ3n) is 4.25. The first-order valence-electron chi connectivity index (χ1n) is 9.67. The highest BCUT2D eigenvalue weighted by Gasteiger charge is 2.22. The molecule has 2 aromatic rings. The highest BCUT2D eigenvalue weighted by atomic mass is 32.2. The summed E-state index contributed by atoms with van der Waals surface area (Å²) in [4.78, 5) is 12.4. The maximum atomic E-state index is 12.6. The van der Waals surface area contributed by atoms with Crippen LogP contribution >= 0.6 is 0 Å². The normalized spacial score (nSPS) is 11.5. The summed E-state index contributed by atoms with van der Waals surface area (Å²) in [5.74, 6) is -0.320. The number of ether oxygens (including phenoxy) is 3. The fraction of sp³-hybridized carbons (Fsp3) is 0.381. The van der Waals surface area contributed by atoms with Gasteiger partial charge >= 0.3 is 6.61 Å². The molecule has 0 aliphatic carbocycles. The number of sulfonamides is 1. The first-order valence-corrected chi connectivity index (χ1v) is 11.2. The molecule has 2 rings (SSSR count). The number of carbonyl (C=O) groups excluding carboxylic acids is 1. The molecule has 0 bridgehead atoms. The third-order valence-corrected chi connectivity index (χ3v) is 5.93. The fourth-order valence-corrected chi connectivity index (χ4v) is 4.33. The standard InChI is InChI=1S/C21H26F2N2O6S/c1-13(2)25-32(27,28)19-12-15(6-8-17(19)30-4)20(26)24-10-9-14-5-7-16(29-3)18(11-14)31-21(22)23/h5-8,11-13,21,25H,9-10H2,1-4H3,(H,24,26). The quantitative estimate of drug-likeness (QED) is 0.521. The van der Waals surface area contributed by atoms with Crippen LogP contribution in [0.5, 0.6) is 17.2 Å². The molecule has 2 N–H and O–H groups in total. The van der Waals surface area contributed by atoms with Gasteiger partial charge in [-0.2, -0.15) is 8.78 Å². The fourth-order valence-electron chi connectivity index (χ4n) is 2.89. The van der Waals surface area contributed by atoms with Crippen LogP contribution in [-0.2, 0) is 16.4 Å². The van der Waals surface area contributed by atoms with Crippen molar-refractivity contribution < 1.29 is 36.2 Å². The lowest BCUT2D eigenvalue weighted by atomic mass is 10.1. The van der Waals surface area contributed by atoms with Gasteiger partial charge in [-0.25, -0.2) is 13.1 Å². The maximum absolute atomic E-state index is 12.6. The minimum atomic E-state index is -3.89. The van der Waals surface area contributed by atoms with Crippen LogP contribution in [0.2, 0.25) is 0 Å². The van der Waals surface area contributed by atoms with E-state index in [1.807, 2.05) is 0 Å². The molecule has 2 aromatic carbocycles. The molecule has 1 amide bonds. The Morgan fingerprint density at radius 1 is 1.00 bits per heavy atom. The van der Waals surface area contributed by atoms with Crippen molar-refractivity contribution in [3.8, 4) is 17.2 Å². The van der Waals surface area contributed by atoms with Gasteiger partial charge in [-0.15, -0.1) is 0 Å². The molecule has 0 aliphatic heterocycles. The predicted octanol–water partition coefficient (Wildman–Crippen LogP) is 2.96. The average molecular weight is 473 g/mol. The van der Waals surface area contributed by atoms with Crippen LogP contribution < -0.4 is 24.2 Å². The number of nitrogens with one attached hydrogen (secondary N) is 2. The first-order chi connectivity index (χ1) is 15.1. The Kier molecular flexibility index (Phi) is 8.79. The molecule has 0 aromatic heterocycles. The summed E-state index contributed by atoms with van der Waals surface area (Å²) in [6.45, 7) is 0.539. The molecule has 0 heterocycles. The Hall–Kier alpha value is -2.92. The van der Waals surface area contributed by atoms with Crippen LogP contribution in [0.1, 0.15) is 29.8 Å². The second kappa shape index (κ2) is 11.1. The summed E-state index contributed by atoms with van der Waals surface area (Å²) in [6, 6.07) is 8.32. The van der Waals surface area contributed by atoms with Crippen molar-refractivity contribution in [3.05, 3.63) is 47.5 Å².